The molecule has 0 spiro atoms. The number of carbonyl (C=O) groups excluding carboxylic acids is 3. The Balaban J connectivity index is 1.55. The Morgan fingerprint density at radius 2 is 1.62 bits per heavy atom. The zero-order chi connectivity index (χ0) is 38.9. The van der Waals surface area contributed by atoms with E-state index in [0.29, 0.717) is 29.0 Å². The molecule has 0 saturated carbocycles. The summed E-state index contributed by atoms with van der Waals surface area (Å²) in [6, 6.07) is 6.83. The molecule has 13 nitrogen and oxygen atoms in total. The fourth-order valence-corrected chi connectivity index (χ4v) is 6.95. The molecule has 0 aliphatic heterocycles. The van der Waals surface area contributed by atoms with Crippen molar-refractivity contribution in [2.75, 3.05) is 10.0 Å². The monoisotopic (exact) mass is 759 g/mol. The lowest BCUT2D eigenvalue weighted by molar-refractivity contribution is -0.149. The van der Waals surface area contributed by atoms with E-state index in [1.165, 1.54) is 40.3 Å². The van der Waals surface area contributed by atoms with E-state index in [2.05, 4.69) is 10.6 Å². The van der Waals surface area contributed by atoms with Crippen LogP contribution in [0.5, 0.6) is 0 Å². The van der Waals surface area contributed by atoms with Crippen molar-refractivity contribution >= 4 is 50.5 Å². The molecule has 2 aromatic heterocycles. The second kappa shape index (κ2) is 15.2. The van der Waals surface area contributed by atoms with Crippen LogP contribution in [0, 0.1) is 30.9 Å². The quantitative estimate of drug-likeness (QED) is 0.187. The van der Waals surface area contributed by atoms with Gasteiger partial charge in [0, 0.05) is 41.6 Å². The van der Waals surface area contributed by atoms with Crippen LogP contribution in [-0.2, 0) is 37.8 Å². The Labute approximate surface area is 302 Å². The predicted molar refractivity (Wildman–Crippen MR) is 193 cm³/mol. The number of rotatable bonds is 11. The van der Waals surface area contributed by atoms with Gasteiger partial charge in [0.2, 0.25) is 5.91 Å². The van der Waals surface area contributed by atoms with E-state index in [9.17, 15) is 32.4 Å². The van der Waals surface area contributed by atoms with Crippen LogP contribution in [0.3, 0.4) is 0 Å². The zero-order valence-electron chi connectivity index (χ0n) is 29.7. The second-order valence-electron chi connectivity index (χ2n) is 13.4. The molecule has 2 heterocycles. The van der Waals surface area contributed by atoms with Crippen molar-refractivity contribution in [1.82, 2.24) is 14.5 Å². The van der Waals surface area contributed by atoms with Crippen LogP contribution in [0.4, 0.5) is 20.2 Å². The van der Waals surface area contributed by atoms with Gasteiger partial charge in [-0.1, -0.05) is 32.9 Å². The van der Waals surface area contributed by atoms with Crippen molar-refractivity contribution < 1.29 is 36.3 Å². The number of nitrogens with one attached hydrogen (secondary N) is 3. The first kappa shape index (κ1) is 39.6. The van der Waals surface area contributed by atoms with Gasteiger partial charge in [-0.3, -0.25) is 19.1 Å². The van der Waals surface area contributed by atoms with E-state index >= 15 is 8.78 Å². The maximum absolute atomic E-state index is 15.3. The maximum Gasteiger partial charge on any atom is 0.335 e. The smallest absolute Gasteiger partial charge is 0.335 e. The summed E-state index contributed by atoms with van der Waals surface area (Å²) in [6.07, 6.45) is -0.754. The Kier molecular flexibility index (Phi) is 11.6. The van der Waals surface area contributed by atoms with E-state index < -0.39 is 73.6 Å². The lowest BCUT2D eigenvalue weighted by Crippen LogP contribution is -2.44. The van der Waals surface area contributed by atoms with Gasteiger partial charge in [-0.15, -0.1) is 11.3 Å². The van der Waals surface area contributed by atoms with Gasteiger partial charge >= 0.3 is 11.7 Å². The topological polar surface area (TPSA) is 175 Å². The minimum atomic E-state index is -4.43. The zero-order valence-corrected chi connectivity index (χ0v) is 31.3. The molecule has 278 valence electrons. The van der Waals surface area contributed by atoms with Crippen LogP contribution in [-0.4, -0.2) is 47.5 Å². The van der Waals surface area contributed by atoms with E-state index in [-0.39, 0.29) is 27.9 Å². The summed E-state index contributed by atoms with van der Waals surface area (Å²) >= 11 is 0.744. The summed E-state index contributed by atoms with van der Waals surface area (Å²) in [6.45, 7) is 11.5. The van der Waals surface area contributed by atoms with E-state index in [1.807, 2.05) is 4.72 Å². The van der Waals surface area contributed by atoms with E-state index in [0.717, 1.165) is 15.9 Å². The van der Waals surface area contributed by atoms with E-state index in [1.54, 1.807) is 55.5 Å². The molecule has 52 heavy (non-hydrogen) atoms. The number of halogens is 2. The Bertz CT molecular complexity index is 2230. The standard InChI is InChI=1S/C35H39F2N5O8S2/c1-18(2)50-32(45)28(13-21-9-11-23(12-10-21)42-31(44)19(3)20(4)41(8)34(42)47)39-30(43)24-15-26(37)27(16-25(24)36)40-52(48,49)29-14-22(17-51-29)38-33(46)35(5,6)7/h9-12,14-18,28,40H,13H2,1-8H3,(H,38,46)(H,39,43)/t28-/m0/s1. The number of amides is 2. The molecular weight excluding hydrogens is 721 g/mol. The Morgan fingerprint density at radius 3 is 2.21 bits per heavy atom. The lowest BCUT2D eigenvalue weighted by Gasteiger charge is -2.20. The normalized spacial score (nSPS) is 12.4. The molecule has 4 aromatic rings. The highest BCUT2D eigenvalue weighted by atomic mass is 32.2. The van der Waals surface area contributed by atoms with E-state index in [4.69, 9.17) is 4.74 Å². The van der Waals surface area contributed by atoms with Crippen LogP contribution < -0.4 is 26.6 Å². The number of sulfonamides is 1. The number of hydrogen-bond donors (Lipinski definition) is 3. The number of esters is 1. The van der Waals surface area contributed by atoms with Gasteiger partial charge in [0.1, 0.15) is 21.9 Å². The highest BCUT2D eigenvalue weighted by molar-refractivity contribution is 7.94. The summed E-state index contributed by atoms with van der Waals surface area (Å²) in [4.78, 5) is 64.2. The first-order chi connectivity index (χ1) is 24.1. The SMILES string of the molecule is Cc1c(C)n(C)c(=O)n(-c2ccc(C[C@H](NC(=O)c3cc(F)c(NS(=O)(=O)c4cc(NC(=O)C(C)(C)C)cs4)cc3F)C(=O)OC(C)C)cc2)c1=O. The number of nitrogens with zero attached hydrogens (tertiary/aromatic N) is 2. The molecule has 17 heteroatoms. The molecule has 0 aliphatic rings. The van der Waals surface area contributed by atoms with Crippen LogP contribution in [0.25, 0.3) is 5.69 Å². The van der Waals surface area contributed by atoms with Crippen molar-refractivity contribution in [3.05, 3.63) is 103 Å². The van der Waals surface area contributed by atoms with Crippen LogP contribution in [0.2, 0.25) is 0 Å². The van der Waals surface area contributed by atoms with Crippen molar-refractivity contribution in [1.29, 1.82) is 0 Å². The number of thiophene rings is 1. The minimum absolute atomic E-state index is 0.168. The van der Waals surface area contributed by atoms with Crippen molar-refractivity contribution in [3.8, 4) is 5.69 Å². The molecule has 3 N–H and O–H groups in total. The van der Waals surface area contributed by atoms with Gasteiger partial charge in [0.15, 0.2) is 0 Å². The third-order valence-corrected chi connectivity index (χ3v) is 10.8. The molecule has 0 saturated heterocycles. The fraction of sp³-hybridized carbons (Fsp3) is 0.343. The number of aromatic nitrogens is 2. The molecule has 4 rings (SSSR count). The van der Waals surface area contributed by atoms with Gasteiger partial charge in [-0.05, 0) is 57.5 Å². The third-order valence-electron chi connectivity index (χ3n) is 7.95. The molecule has 0 fully saturated rings. The summed E-state index contributed by atoms with van der Waals surface area (Å²) in [5.74, 6) is -4.98. The summed E-state index contributed by atoms with van der Waals surface area (Å²) < 4.78 is 65.7. The molecule has 0 radical (unpaired) electrons. The molecule has 2 aromatic carbocycles. The highest BCUT2D eigenvalue weighted by Gasteiger charge is 2.28. The summed E-state index contributed by atoms with van der Waals surface area (Å²) in [7, 11) is -2.89. The van der Waals surface area contributed by atoms with Crippen LogP contribution in [0.15, 0.2) is 61.6 Å². The third kappa shape index (κ3) is 8.82. The number of hydrogen-bond acceptors (Lipinski definition) is 9. The van der Waals surface area contributed by atoms with Crippen molar-refractivity contribution in [2.45, 2.75) is 71.2 Å². The largest absolute Gasteiger partial charge is 0.461 e. The molecule has 1 atom stereocenters. The molecule has 2 amide bonds. The van der Waals surface area contributed by atoms with Crippen LogP contribution >= 0.6 is 11.3 Å². The lowest BCUT2D eigenvalue weighted by atomic mass is 9.96. The minimum Gasteiger partial charge on any atom is -0.461 e. The average molecular weight is 760 g/mol. The predicted octanol–water partition coefficient (Wildman–Crippen LogP) is 4.57. The van der Waals surface area contributed by atoms with Crippen molar-refractivity contribution in [2.24, 2.45) is 12.5 Å². The van der Waals surface area contributed by atoms with Crippen molar-refractivity contribution in [3.63, 3.8) is 0 Å². The van der Waals surface area contributed by atoms with Gasteiger partial charge < -0.3 is 19.9 Å². The van der Waals surface area contributed by atoms with Gasteiger partial charge in [-0.2, -0.15) is 0 Å². The second-order valence-corrected chi connectivity index (χ2v) is 16.2. The highest BCUT2D eigenvalue weighted by Crippen LogP contribution is 2.29. The molecular formula is C35H39F2N5O8S2. The number of benzene rings is 2. The Hall–Kier alpha value is -5.16. The maximum atomic E-state index is 15.3. The van der Waals surface area contributed by atoms with Gasteiger partial charge in [-0.25, -0.2) is 31.4 Å². The molecule has 0 unspecified atom stereocenters. The first-order valence-corrected chi connectivity index (χ1v) is 18.3. The molecule has 0 aliphatic carbocycles. The first-order valence-electron chi connectivity index (χ1n) is 15.9. The number of anilines is 2. The number of ether oxygens (including phenoxy) is 1. The Morgan fingerprint density at radius 1 is 0.981 bits per heavy atom. The summed E-state index contributed by atoms with van der Waals surface area (Å²) in [5, 5.41) is 6.33. The number of carbonyl (C=O) groups is 3. The molecule has 0 bridgehead atoms. The van der Waals surface area contributed by atoms with Crippen LogP contribution in [0.1, 0.15) is 61.8 Å². The average Bonchev–Trinajstić information content (AvgIpc) is 3.53. The fourth-order valence-electron chi connectivity index (χ4n) is 4.78. The summed E-state index contributed by atoms with van der Waals surface area (Å²) in [5.41, 5.74) is -1.54. The van der Waals surface area contributed by atoms with Gasteiger partial charge in [0.25, 0.3) is 21.5 Å². The van der Waals surface area contributed by atoms with Gasteiger partial charge in [0.05, 0.1) is 28.7 Å².